The molecule has 106 valence electrons. The molecule has 0 heterocycles. The van der Waals surface area contributed by atoms with Crippen LogP contribution in [0.15, 0.2) is 42.5 Å². The number of aryl methyl sites for hydroxylation is 1. The van der Waals surface area contributed by atoms with Crippen LogP contribution in [0, 0.1) is 6.92 Å². The van der Waals surface area contributed by atoms with Crippen molar-refractivity contribution in [2.24, 2.45) is 0 Å². The number of hydrogen-bond donors (Lipinski definition) is 1. The molecular weight excluding hydrogens is 250 g/mol. The fourth-order valence-corrected chi connectivity index (χ4v) is 1.98. The van der Waals surface area contributed by atoms with E-state index in [1.165, 1.54) is 0 Å². The lowest BCUT2D eigenvalue weighted by atomic mass is 10.2. The molecule has 0 aliphatic rings. The van der Waals surface area contributed by atoms with Gasteiger partial charge in [0.2, 0.25) is 0 Å². The van der Waals surface area contributed by atoms with Gasteiger partial charge in [-0.15, -0.1) is 0 Å². The Labute approximate surface area is 120 Å². The van der Waals surface area contributed by atoms with Gasteiger partial charge >= 0.3 is 0 Å². The summed E-state index contributed by atoms with van der Waals surface area (Å²) < 4.78 is 11.1. The number of rotatable bonds is 5. The molecule has 0 aromatic heterocycles. The van der Waals surface area contributed by atoms with Crippen LogP contribution in [0.4, 0.5) is 5.69 Å². The van der Waals surface area contributed by atoms with Crippen molar-refractivity contribution in [2.75, 3.05) is 12.4 Å². The third-order valence-corrected chi connectivity index (χ3v) is 2.90. The first-order valence-electron chi connectivity index (χ1n) is 6.77. The standard InChI is InChI=1S/C17H21NO2/c1-12(2)18-14-8-9-17(13(3)10-14)20-16-7-5-6-15(11-16)19-4/h5-12,18H,1-4H3. The smallest absolute Gasteiger partial charge is 0.131 e. The van der Waals surface area contributed by atoms with Crippen LogP contribution in [0.5, 0.6) is 17.2 Å². The molecular formula is C17H21NO2. The number of benzene rings is 2. The topological polar surface area (TPSA) is 30.5 Å². The summed E-state index contributed by atoms with van der Waals surface area (Å²) in [5.74, 6) is 2.42. The summed E-state index contributed by atoms with van der Waals surface area (Å²) in [5.41, 5.74) is 2.20. The van der Waals surface area contributed by atoms with E-state index in [0.29, 0.717) is 6.04 Å². The monoisotopic (exact) mass is 271 g/mol. The molecule has 0 saturated heterocycles. The van der Waals surface area contributed by atoms with E-state index in [-0.39, 0.29) is 0 Å². The average Bonchev–Trinajstić information content (AvgIpc) is 2.41. The molecule has 2 rings (SSSR count). The third kappa shape index (κ3) is 3.67. The molecule has 2 aromatic rings. The molecule has 0 fully saturated rings. The van der Waals surface area contributed by atoms with Crippen molar-refractivity contribution in [3.63, 3.8) is 0 Å². The Hall–Kier alpha value is -2.16. The number of hydrogen-bond acceptors (Lipinski definition) is 3. The van der Waals surface area contributed by atoms with Crippen molar-refractivity contribution >= 4 is 5.69 Å². The lowest BCUT2D eigenvalue weighted by Gasteiger charge is -2.14. The summed E-state index contributed by atoms with van der Waals surface area (Å²) in [6, 6.07) is 14.1. The predicted octanol–water partition coefficient (Wildman–Crippen LogP) is 4.62. The number of nitrogens with one attached hydrogen (secondary N) is 1. The van der Waals surface area contributed by atoms with E-state index < -0.39 is 0 Å². The van der Waals surface area contributed by atoms with Gasteiger partial charge in [0.25, 0.3) is 0 Å². The molecule has 0 unspecified atom stereocenters. The Bertz CT molecular complexity index is 579. The fourth-order valence-electron chi connectivity index (χ4n) is 1.98. The lowest BCUT2D eigenvalue weighted by molar-refractivity contribution is 0.409. The third-order valence-electron chi connectivity index (χ3n) is 2.90. The molecule has 0 saturated carbocycles. The van der Waals surface area contributed by atoms with Crippen molar-refractivity contribution in [1.29, 1.82) is 0 Å². The van der Waals surface area contributed by atoms with Crippen LogP contribution in [-0.4, -0.2) is 13.2 Å². The van der Waals surface area contributed by atoms with Crippen molar-refractivity contribution in [3.8, 4) is 17.2 Å². The largest absolute Gasteiger partial charge is 0.497 e. The summed E-state index contributed by atoms with van der Waals surface area (Å²) in [7, 11) is 1.65. The molecule has 0 spiro atoms. The van der Waals surface area contributed by atoms with E-state index >= 15 is 0 Å². The SMILES string of the molecule is COc1cccc(Oc2ccc(NC(C)C)cc2C)c1. The second-order valence-electron chi connectivity index (χ2n) is 5.06. The van der Waals surface area contributed by atoms with Gasteiger partial charge in [-0.05, 0) is 56.7 Å². The van der Waals surface area contributed by atoms with Crippen LogP contribution in [-0.2, 0) is 0 Å². The van der Waals surface area contributed by atoms with E-state index in [2.05, 4.69) is 25.2 Å². The first kappa shape index (κ1) is 14.3. The average molecular weight is 271 g/mol. The molecule has 0 atom stereocenters. The van der Waals surface area contributed by atoms with Gasteiger partial charge in [0.05, 0.1) is 7.11 Å². The summed E-state index contributed by atoms with van der Waals surface area (Å²) >= 11 is 0. The van der Waals surface area contributed by atoms with E-state index in [4.69, 9.17) is 9.47 Å². The highest BCUT2D eigenvalue weighted by atomic mass is 16.5. The van der Waals surface area contributed by atoms with Crippen molar-refractivity contribution in [3.05, 3.63) is 48.0 Å². The molecule has 0 radical (unpaired) electrons. The van der Waals surface area contributed by atoms with Crippen LogP contribution in [0.25, 0.3) is 0 Å². The van der Waals surface area contributed by atoms with Crippen LogP contribution in [0.2, 0.25) is 0 Å². The number of anilines is 1. The molecule has 3 nitrogen and oxygen atoms in total. The summed E-state index contributed by atoms with van der Waals surface area (Å²) in [5, 5.41) is 3.38. The van der Waals surface area contributed by atoms with Crippen LogP contribution < -0.4 is 14.8 Å². The van der Waals surface area contributed by atoms with Gasteiger partial charge in [0.15, 0.2) is 0 Å². The fraction of sp³-hybridized carbons (Fsp3) is 0.294. The Balaban J connectivity index is 2.16. The van der Waals surface area contributed by atoms with Gasteiger partial charge < -0.3 is 14.8 Å². The first-order valence-corrected chi connectivity index (χ1v) is 6.77. The minimum absolute atomic E-state index is 0.416. The van der Waals surface area contributed by atoms with Crippen molar-refractivity contribution in [2.45, 2.75) is 26.8 Å². The van der Waals surface area contributed by atoms with Crippen molar-refractivity contribution in [1.82, 2.24) is 0 Å². The summed E-state index contributed by atoms with van der Waals surface area (Å²) in [6.45, 7) is 6.28. The van der Waals surface area contributed by atoms with Crippen LogP contribution >= 0.6 is 0 Å². The predicted molar refractivity (Wildman–Crippen MR) is 83.0 cm³/mol. The lowest BCUT2D eigenvalue weighted by Crippen LogP contribution is -2.09. The van der Waals surface area contributed by atoms with Crippen LogP contribution in [0.3, 0.4) is 0 Å². The second kappa shape index (κ2) is 6.33. The first-order chi connectivity index (χ1) is 9.58. The molecule has 2 aromatic carbocycles. The van der Waals surface area contributed by atoms with Crippen LogP contribution in [0.1, 0.15) is 19.4 Å². The molecule has 3 heteroatoms. The minimum Gasteiger partial charge on any atom is -0.497 e. The van der Waals surface area contributed by atoms with Crippen molar-refractivity contribution < 1.29 is 9.47 Å². The molecule has 0 aliphatic carbocycles. The van der Waals surface area contributed by atoms with Gasteiger partial charge in [0.1, 0.15) is 17.2 Å². The Morgan fingerprint density at radius 3 is 2.40 bits per heavy atom. The summed E-state index contributed by atoms with van der Waals surface area (Å²) in [6.07, 6.45) is 0. The highest BCUT2D eigenvalue weighted by molar-refractivity contribution is 5.52. The molecule has 20 heavy (non-hydrogen) atoms. The Kier molecular flexibility index (Phi) is 4.51. The quantitative estimate of drug-likeness (QED) is 0.861. The maximum atomic E-state index is 5.90. The zero-order chi connectivity index (χ0) is 14.5. The molecule has 0 amide bonds. The normalized spacial score (nSPS) is 10.4. The Morgan fingerprint density at radius 1 is 1.00 bits per heavy atom. The Morgan fingerprint density at radius 2 is 1.75 bits per heavy atom. The molecule has 0 aliphatic heterocycles. The van der Waals surface area contributed by atoms with E-state index in [9.17, 15) is 0 Å². The zero-order valence-corrected chi connectivity index (χ0v) is 12.4. The van der Waals surface area contributed by atoms with E-state index in [1.807, 2.05) is 43.3 Å². The zero-order valence-electron chi connectivity index (χ0n) is 12.4. The van der Waals surface area contributed by atoms with Gasteiger partial charge in [-0.25, -0.2) is 0 Å². The van der Waals surface area contributed by atoms with E-state index in [0.717, 1.165) is 28.5 Å². The highest BCUT2D eigenvalue weighted by Gasteiger charge is 2.04. The number of ether oxygens (including phenoxy) is 2. The van der Waals surface area contributed by atoms with Gasteiger partial charge in [-0.1, -0.05) is 6.07 Å². The maximum Gasteiger partial charge on any atom is 0.131 e. The second-order valence-corrected chi connectivity index (χ2v) is 5.06. The van der Waals surface area contributed by atoms with Gasteiger partial charge in [-0.3, -0.25) is 0 Å². The summed E-state index contributed by atoms with van der Waals surface area (Å²) in [4.78, 5) is 0. The van der Waals surface area contributed by atoms with Gasteiger partial charge in [0, 0.05) is 17.8 Å². The maximum absolute atomic E-state index is 5.90. The molecule has 1 N–H and O–H groups in total. The van der Waals surface area contributed by atoms with Gasteiger partial charge in [-0.2, -0.15) is 0 Å². The van der Waals surface area contributed by atoms with E-state index in [1.54, 1.807) is 7.11 Å². The minimum atomic E-state index is 0.416. The molecule has 0 bridgehead atoms. The highest BCUT2D eigenvalue weighted by Crippen LogP contribution is 2.29. The number of methoxy groups -OCH3 is 1.